The van der Waals surface area contributed by atoms with Crippen LogP contribution in [-0.4, -0.2) is 11.1 Å². The Morgan fingerprint density at radius 1 is 1.10 bits per heavy atom. The van der Waals surface area contributed by atoms with Crippen molar-refractivity contribution >= 4 is 23.3 Å². The molecule has 0 fully saturated rings. The first-order chi connectivity index (χ1) is 9.90. The summed E-state index contributed by atoms with van der Waals surface area (Å²) < 4.78 is 39.8. The molecule has 2 aromatic rings. The highest BCUT2D eigenvalue weighted by atomic mass is 35.5. The third-order valence-corrected chi connectivity index (χ3v) is 3.10. The first kappa shape index (κ1) is 15.2. The number of aliphatic carboxylic acids is 1. The van der Waals surface area contributed by atoms with Crippen LogP contribution in [0.5, 0.6) is 0 Å². The zero-order valence-corrected chi connectivity index (χ0v) is 11.2. The number of anilines is 1. The van der Waals surface area contributed by atoms with Crippen LogP contribution < -0.4 is 5.32 Å². The van der Waals surface area contributed by atoms with E-state index >= 15 is 0 Å². The summed E-state index contributed by atoms with van der Waals surface area (Å²) in [5.74, 6) is -5.35. The number of para-hydroxylation sites is 1. The third-order valence-electron chi connectivity index (χ3n) is 2.77. The second kappa shape index (κ2) is 6.05. The van der Waals surface area contributed by atoms with Gasteiger partial charge in [-0.3, -0.25) is 0 Å². The van der Waals surface area contributed by atoms with Gasteiger partial charge in [-0.25, -0.2) is 18.0 Å². The van der Waals surface area contributed by atoms with E-state index < -0.39 is 35.0 Å². The molecular weight excluding hydrogens is 307 g/mol. The molecule has 0 saturated carbocycles. The molecule has 0 aliphatic rings. The summed E-state index contributed by atoms with van der Waals surface area (Å²) in [6.07, 6.45) is 0. The fourth-order valence-corrected chi connectivity index (χ4v) is 1.96. The van der Waals surface area contributed by atoms with Gasteiger partial charge in [0.25, 0.3) is 0 Å². The summed E-state index contributed by atoms with van der Waals surface area (Å²) in [6, 6.07) is 5.40. The van der Waals surface area contributed by atoms with Crippen molar-refractivity contribution in [3.05, 3.63) is 64.4 Å². The highest BCUT2D eigenvalue weighted by Crippen LogP contribution is 2.28. The highest BCUT2D eigenvalue weighted by molar-refractivity contribution is 6.33. The van der Waals surface area contributed by atoms with Crippen LogP contribution in [0.25, 0.3) is 0 Å². The molecular formula is C14H9ClF3NO2. The summed E-state index contributed by atoms with van der Waals surface area (Å²) >= 11 is 5.87. The lowest BCUT2D eigenvalue weighted by atomic mass is 10.1. The number of carboxylic acid groups (broad SMARTS) is 1. The van der Waals surface area contributed by atoms with Gasteiger partial charge in [0.05, 0.1) is 10.7 Å². The summed E-state index contributed by atoms with van der Waals surface area (Å²) in [4.78, 5) is 11.3. The molecule has 110 valence electrons. The minimum Gasteiger partial charge on any atom is -0.479 e. The van der Waals surface area contributed by atoms with Crippen molar-refractivity contribution in [2.45, 2.75) is 6.04 Å². The van der Waals surface area contributed by atoms with E-state index in [0.29, 0.717) is 12.1 Å². The SMILES string of the molecule is O=C(O)C(Nc1ccccc1Cl)c1cc(F)c(F)cc1F. The predicted molar refractivity (Wildman–Crippen MR) is 71.8 cm³/mol. The molecule has 0 aliphatic heterocycles. The second-order valence-corrected chi connectivity index (χ2v) is 4.59. The van der Waals surface area contributed by atoms with Gasteiger partial charge in [-0.05, 0) is 18.2 Å². The molecule has 0 aromatic heterocycles. The smallest absolute Gasteiger partial charge is 0.330 e. The quantitative estimate of drug-likeness (QED) is 0.839. The number of halogens is 4. The van der Waals surface area contributed by atoms with Gasteiger partial charge in [-0.2, -0.15) is 0 Å². The lowest BCUT2D eigenvalue weighted by Gasteiger charge is -2.18. The zero-order valence-electron chi connectivity index (χ0n) is 10.4. The Hall–Kier alpha value is -2.21. The summed E-state index contributed by atoms with van der Waals surface area (Å²) in [6.45, 7) is 0. The molecule has 0 saturated heterocycles. The van der Waals surface area contributed by atoms with Crippen LogP contribution >= 0.6 is 11.6 Å². The number of benzene rings is 2. The molecule has 0 bridgehead atoms. The average Bonchev–Trinajstić information content (AvgIpc) is 2.42. The zero-order chi connectivity index (χ0) is 15.6. The van der Waals surface area contributed by atoms with E-state index in [4.69, 9.17) is 11.6 Å². The Labute approximate surface area is 123 Å². The molecule has 1 atom stereocenters. The van der Waals surface area contributed by atoms with Crippen LogP contribution in [0.4, 0.5) is 18.9 Å². The molecule has 0 aliphatic carbocycles. The van der Waals surface area contributed by atoms with Gasteiger partial charge < -0.3 is 10.4 Å². The van der Waals surface area contributed by atoms with Crippen LogP contribution in [0.15, 0.2) is 36.4 Å². The molecule has 2 N–H and O–H groups in total. The number of hydrogen-bond donors (Lipinski definition) is 2. The van der Waals surface area contributed by atoms with Crippen molar-refractivity contribution in [1.82, 2.24) is 0 Å². The maximum absolute atomic E-state index is 13.7. The predicted octanol–water partition coefficient (Wildman–Crippen LogP) is 4.00. The largest absolute Gasteiger partial charge is 0.479 e. The number of carbonyl (C=O) groups is 1. The topological polar surface area (TPSA) is 49.3 Å². The maximum atomic E-state index is 13.7. The van der Waals surface area contributed by atoms with Crippen molar-refractivity contribution in [3.63, 3.8) is 0 Å². The van der Waals surface area contributed by atoms with Gasteiger partial charge in [-0.15, -0.1) is 0 Å². The van der Waals surface area contributed by atoms with Crippen LogP contribution in [0, 0.1) is 17.5 Å². The minimum atomic E-state index is -1.61. The van der Waals surface area contributed by atoms with E-state index in [0.717, 1.165) is 0 Å². The Morgan fingerprint density at radius 2 is 1.71 bits per heavy atom. The fraction of sp³-hybridized carbons (Fsp3) is 0.0714. The van der Waals surface area contributed by atoms with Crippen molar-refractivity contribution < 1.29 is 23.1 Å². The van der Waals surface area contributed by atoms with E-state index in [1.54, 1.807) is 12.1 Å². The Kier molecular flexibility index (Phi) is 4.37. The van der Waals surface area contributed by atoms with Gasteiger partial charge in [0, 0.05) is 11.6 Å². The standard InChI is InChI=1S/C14H9ClF3NO2/c15-8-3-1-2-4-12(8)19-13(14(20)21)7-5-10(17)11(18)6-9(7)16/h1-6,13,19H,(H,20,21). The minimum absolute atomic E-state index is 0.215. The van der Waals surface area contributed by atoms with Gasteiger partial charge in [0.15, 0.2) is 17.7 Å². The number of nitrogens with one attached hydrogen (secondary N) is 1. The second-order valence-electron chi connectivity index (χ2n) is 4.18. The van der Waals surface area contributed by atoms with E-state index in [-0.39, 0.29) is 10.7 Å². The molecule has 2 rings (SSSR count). The first-order valence-corrected chi connectivity index (χ1v) is 6.16. The van der Waals surface area contributed by atoms with Gasteiger partial charge in [0.2, 0.25) is 0 Å². The molecule has 0 radical (unpaired) electrons. The summed E-state index contributed by atoms with van der Waals surface area (Å²) in [7, 11) is 0. The molecule has 7 heteroatoms. The summed E-state index contributed by atoms with van der Waals surface area (Å²) in [5.41, 5.74) is -0.294. The van der Waals surface area contributed by atoms with Crippen molar-refractivity contribution in [2.75, 3.05) is 5.32 Å². The van der Waals surface area contributed by atoms with Gasteiger partial charge >= 0.3 is 5.97 Å². The normalized spacial score (nSPS) is 12.0. The fourth-order valence-electron chi connectivity index (χ4n) is 1.77. The Bertz CT molecular complexity index is 694. The van der Waals surface area contributed by atoms with Crippen LogP contribution in [0.2, 0.25) is 5.02 Å². The maximum Gasteiger partial charge on any atom is 0.330 e. The molecule has 1 unspecified atom stereocenters. The molecule has 21 heavy (non-hydrogen) atoms. The molecule has 0 spiro atoms. The molecule has 3 nitrogen and oxygen atoms in total. The molecule has 0 heterocycles. The first-order valence-electron chi connectivity index (χ1n) is 5.78. The lowest BCUT2D eigenvalue weighted by molar-refractivity contribution is -0.138. The molecule has 2 aromatic carbocycles. The number of rotatable bonds is 4. The average molecular weight is 316 g/mol. The number of carboxylic acids is 1. The number of hydrogen-bond acceptors (Lipinski definition) is 2. The van der Waals surface area contributed by atoms with Crippen molar-refractivity contribution in [2.24, 2.45) is 0 Å². The van der Waals surface area contributed by atoms with E-state index in [9.17, 15) is 23.1 Å². The van der Waals surface area contributed by atoms with Crippen molar-refractivity contribution in [1.29, 1.82) is 0 Å². The van der Waals surface area contributed by atoms with Crippen molar-refractivity contribution in [3.8, 4) is 0 Å². The Balaban J connectivity index is 2.43. The monoisotopic (exact) mass is 315 g/mol. The Morgan fingerprint density at radius 3 is 2.33 bits per heavy atom. The van der Waals surface area contributed by atoms with E-state index in [1.165, 1.54) is 12.1 Å². The van der Waals surface area contributed by atoms with Crippen LogP contribution in [0.1, 0.15) is 11.6 Å². The van der Waals surface area contributed by atoms with Crippen LogP contribution in [0.3, 0.4) is 0 Å². The van der Waals surface area contributed by atoms with E-state index in [1.807, 2.05) is 0 Å². The van der Waals surface area contributed by atoms with E-state index in [2.05, 4.69) is 5.32 Å². The van der Waals surface area contributed by atoms with Gasteiger partial charge in [0.1, 0.15) is 5.82 Å². The summed E-state index contributed by atoms with van der Waals surface area (Å²) in [5, 5.41) is 11.9. The van der Waals surface area contributed by atoms with Crippen LogP contribution in [-0.2, 0) is 4.79 Å². The third kappa shape index (κ3) is 3.28. The highest BCUT2D eigenvalue weighted by Gasteiger charge is 2.25. The molecule has 0 amide bonds. The van der Waals surface area contributed by atoms with Gasteiger partial charge in [-0.1, -0.05) is 23.7 Å². The lowest BCUT2D eigenvalue weighted by Crippen LogP contribution is -2.22.